The van der Waals surface area contributed by atoms with E-state index in [0.717, 1.165) is 27.5 Å². The predicted molar refractivity (Wildman–Crippen MR) is 113 cm³/mol. The van der Waals surface area contributed by atoms with E-state index in [-0.39, 0.29) is 5.37 Å². The Bertz CT molecular complexity index is 1070. The fourth-order valence-corrected chi connectivity index (χ4v) is 4.53. The molecule has 4 aromatic rings. The number of halogens is 1. The highest BCUT2D eigenvalue weighted by atomic mass is 35.5. The van der Waals surface area contributed by atoms with Crippen molar-refractivity contribution < 1.29 is 0 Å². The summed E-state index contributed by atoms with van der Waals surface area (Å²) in [6.45, 7) is 0. The number of nitrogens with one attached hydrogen (secondary N) is 1. The molecular formula is C22H16ClN3S. The molecule has 27 heavy (non-hydrogen) atoms. The number of hydrogen-bond donors (Lipinski definition) is 1. The van der Waals surface area contributed by atoms with Crippen LogP contribution in [-0.4, -0.2) is 9.78 Å². The van der Waals surface area contributed by atoms with Crippen LogP contribution in [-0.2, 0) is 0 Å². The zero-order valence-corrected chi connectivity index (χ0v) is 15.9. The molecule has 0 radical (unpaired) electrons. The number of nitrogens with zero attached hydrogens (tertiary/aromatic N) is 2. The fraction of sp³-hybridized carbons (Fsp3) is 0.0455. The van der Waals surface area contributed by atoms with Crippen LogP contribution >= 0.6 is 23.4 Å². The number of hydrogen-bond acceptors (Lipinski definition) is 3. The average molecular weight is 390 g/mol. The van der Waals surface area contributed by atoms with Crippen LogP contribution in [0.2, 0.25) is 5.02 Å². The summed E-state index contributed by atoms with van der Waals surface area (Å²) in [5, 5.41) is 9.37. The molecule has 0 spiro atoms. The maximum Gasteiger partial charge on any atom is 0.106 e. The van der Waals surface area contributed by atoms with Gasteiger partial charge in [-0.2, -0.15) is 5.10 Å². The molecule has 1 aliphatic heterocycles. The Kier molecular flexibility index (Phi) is 4.15. The van der Waals surface area contributed by atoms with Crippen molar-refractivity contribution in [2.75, 3.05) is 5.32 Å². The normalized spacial score (nSPS) is 15.4. The molecule has 5 rings (SSSR count). The third kappa shape index (κ3) is 3.11. The van der Waals surface area contributed by atoms with E-state index >= 15 is 0 Å². The highest BCUT2D eigenvalue weighted by Gasteiger charge is 2.27. The van der Waals surface area contributed by atoms with E-state index in [2.05, 4.69) is 47.9 Å². The molecule has 5 heteroatoms. The molecule has 3 nitrogen and oxygen atoms in total. The largest absolute Gasteiger partial charge is 0.368 e. The molecule has 1 aromatic heterocycles. The molecule has 0 saturated heterocycles. The molecule has 0 saturated carbocycles. The van der Waals surface area contributed by atoms with Crippen molar-refractivity contribution in [1.82, 2.24) is 9.78 Å². The summed E-state index contributed by atoms with van der Waals surface area (Å²) in [6, 6.07) is 26.4. The van der Waals surface area contributed by atoms with E-state index in [1.807, 2.05) is 58.9 Å². The molecule has 1 unspecified atom stereocenters. The monoisotopic (exact) mass is 389 g/mol. The Morgan fingerprint density at radius 2 is 1.63 bits per heavy atom. The first-order valence-corrected chi connectivity index (χ1v) is 9.97. The molecule has 3 aromatic carbocycles. The molecule has 1 aliphatic rings. The summed E-state index contributed by atoms with van der Waals surface area (Å²) in [4.78, 5) is 1.26. The Hall–Kier alpha value is -2.69. The van der Waals surface area contributed by atoms with Crippen LogP contribution in [0, 0.1) is 0 Å². The van der Waals surface area contributed by atoms with Crippen molar-refractivity contribution in [3.8, 4) is 16.9 Å². The zero-order chi connectivity index (χ0) is 18.2. The Labute approximate surface area is 167 Å². The van der Waals surface area contributed by atoms with Gasteiger partial charge in [-0.15, -0.1) is 0 Å². The van der Waals surface area contributed by atoms with Crippen LogP contribution in [0.1, 0.15) is 10.9 Å². The number of aromatic nitrogens is 2. The summed E-state index contributed by atoms with van der Waals surface area (Å²) in [6.07, 6.45) is 2.12. The van der Waals surface area contributed by atoms with Gasteiger partial charge in [0.2, 0.25) is 0 Å². The molecule has 1 N–H and O–H groups in total. The highest BCUT2D eigenvalue weighted by Crippen LogP contribution is 2.48. The van der Waals surface area contributed by atoms with Gasteiger partial charge >= 0.3 is 0 Å². The van der Waals surface area contributed by atoms with Gasteiger partial charge in [-0.3, -0.25) is 0 Å². The maximum atomic E-state index is 6.09. The van der Waals surface area contributed by atoms with Crippen molar-refractivity contribution >= 4 is 29.1 Å². The number of benzene rings is 3. The van der Waals surface area contributed by atoms with Gasteiger partial charge in [0.25, 0.3) is 0 Å². The maximum absolute atomic E-state index is 6.09. The molecule has 132 valence electrons. The first kappa shape index (κ1) is 16.5. The lowest BCUT2D eigenvalue weighted by Gasteiger charge is -2.10. The molecule has 0 aliphatic carbocycles. The fourth-order valence-electron chi connectivity index (χ4n) is 3.25. The molecular weight excluding hydrogens is 374 g/mol. The predicted octanol–water partition coefficient (Wildman–Crippen LogP) is 6.41. The van der Waals surface area contributed by atoms with Crippen molar-refractivity contribution in [2.45, 2.75) is 10.3 Å². The van der Waals surface area contributed by atoms with Gasteiger partial charge < -0.3 is 5.32 Å². The SMILES string of the molecule is Clc1ccc(-c2nn(-c3ccccc3)cc2C2Nc3ccccc3S2)cc1. The van der Waals surface area contributed by atoms with Gasteiger partial charge in [0.15, 0.2) is 0 Å². The van der Waals surface area contributed by atoms with Crippen molar-refractivity contribution in [3.63, 3.8) is 0 Å². The van der Waals surface area contributed by atoms with Crippen LogP contribution in [0.25, 0.3) is 16.9 Å². The van der Waals surface area contributed by atoms with Crippen LogP contribution in [0.15, 0.2) is 90.0 Å². The van der Waals surface area contributed by atoms with Crippen LogP contribution in [0.5, 0.6) is 0 Å². The minimum absolute atomic E-state index is 0.116. The standard InChI is InChI=1S/C22H16ClN3S/c23-16-12-10-15(11-13-16)21-18(14-26(25-21)17-6-2-1-3-7-17)22-24-19-8-4-5-9-20(19)27-22/h1-14,22,24H. The number of para-hydroxylation sites is 2. The van der Waals surface area contributed by atoms with Gasteiger partial charge in [0.1, 0.15) is 5.37 Å². The summed E-state index contributed by atoms with van der Waals surface area (Å²) >= 11 is 7.91. The van der Waals surface area contributed by atoms with E-state index in [9.17, 15) is 0 Å². The Morgan fingerprint density at radius 1 is 0.889 bits per heavy atom. The van der Waals surface area contributed by atoms with Gasteiger partial charge in [-0.25, -0.2) is 4.68 Å². The summed E-state index contributed by atoms with van der Waals surface area (Å²) < 4.78 is 1.95. The second-order valence-corrected chi connectivity index (χ2v) is 7.94. The Balaban J connectivity index is 1.61. The summed E-state index contributed by atoms with van der Waals surface area (Å²) in [7, 11) is 0. The van der Waals surface area contributed by atoms with Crippen molar-refractivity contribution in [3.05, 3.63) is 95.6 Å². The first-order valence-electron chi connectivity index (χ1n) is 8.71. The van der Waals surface area contributed by atoms with E-state index in [0.29, 0.717) is 0 Å². The van der Waals surface area contributed by atoms with Gasteiger partial charge in [0.05, 0.1) is 11.4 Å². The minimum atomic E-state index is 0.116. The topological polar surface area (TPSA) is 29.9 Å². The van der Waals surface area contributed by atoms with E-state index in [1.165, 1.54) is 10.6 Å². The molecule has 0 amide bonds. The minimum Gasteiger partial charge on any atom is -0.368 e. The Morgan fingerprint density at radius 3 is 2.41 bits per heavy atom. The number of rotatable bonds is 3. The van der Waals surface area contributed by atoms with E-state index in [4.69, 9.17) is 16.7 Å². The lowest BCUT2D eigenvalue weighted by atomic mass is 10.1. The second-order valence-electron chi connectivity index (χ2n) is 6.36. The molecule has 2 heterocycles. The summed E-state index contributed by atoms with van der Waals surface area (Å²) in [5.41, 5.74) is 5.39. The van der Waals surface area contributed by atoms with Gasteiger partial charge in [0, 0.05) is 32.9 Å². The summed E-state index contributed by atoms with van der Waals surface area (Å²) in [5.74, 6) is 0. The smallest absolute Gasteiger partial charge is 0.106 e. The lowest BCUT2D eigenvalue weighted by molar-refractivity contribution is 0.883. The van der Waals surface area contributed by atoms with E-state index in [1.54, 1.807) is 0 Å². The zero-order valence-electron chi connectivity index (χ0n) is 14.3. The molecule has 0 fully saturated rings. The third-order valence-electron chi connectivity index (χ3n) is 4.58. The lowest BCUT2D eigenvalue weighted by Crippen LogP contribution is -2.01. The number of anilines is 1. The quantitative estimate of drug-likeness (QED) is 0.439. The van der Waals surface area contributed by atoms with Gasteiger partial charge in [-0.05, 0) is 36.4 Å². The van der Waals surface area contributed by atoms with Crippen LogP contribution in [0.3, 0.4) is 0 Å². The van der Waals surface area contributed by atoms with Crippen molar-refractivity contribution in [1.29, 1.82) is 0 Å². The van der Waals surface area contributed by atoms with Crippen LogP contribution in [0.4, 0.5) is 5.69 Å². The number of thioether (sulfide) groups is 1. The second kappa shape index (κ2) is 6.80. The molecule has 0 bridgehead atoms. The van der Waals surface area contributed by atoms with Crippen molar-refractivity contribution in [2.24, 2.45) is 0 Å². The van der Waals surface area contributed by atoms with E-state index < -0.39 is 0 Å². The molecule has 1 atom stereocenters. The third-order valence-corrected chi connectivity index (χ3v) is 6.05. The van der Waals surface area contributed by atoms with Crippen LogP contribution < -0.4 is 5.32 Å². The number of fused-ring (bicyclic) bond motifs is 1. The highest BCUT2D eigenvalue weighted by molar-refractivity contribution is 8.00. The average Bonchev–Trinajstić information content (AvgIpc) is 3.33. The van der Waals surface area contributed by atoms with Gasteiger partial charge in [-0.1, -0.05) is 65.8 Å². The first-order chi connectivity index (χ1) is 13.3.